The van der Waals surface area contributed by atoms with E-state index in [2.05, 4.69) is 20.9 Å². The van der Waals surface area contributed by atoms with Gasteiger partial charge in [0, 0.05) is 6.54 Å². The highest BCUT2D eigenvalue weighted by atomic mass is 16.6. The summed E-state index contributed by atoms with van der Waals surface area (Å²) in [7, 11) is 0. The Bertz CT molecular complexity index is 2450. The van der Waals surface area contributed by atoms with E-state index >= 15 is 0 Å². The van der Waals surface area contributed by atoms with Crippen molar-refractivity contribution < 1.29 is 63.0 Å². The summed E-state index contributed by atoms with van der Waals surface area (Å²) in [5, 5.41) is 36.7. The van der Waals surface area contributed by atoms with Gasteiger partial charge in [0.15, 0.2) is 5.96 Å². The van der Waals surface area contributed by atoms with Gasteiger partial charge < -0.3 is 72.7 Å². The summed E-state index contributed by atoms with van der Waals surface area (Å²) in [4.78, 5) is 78.7. The number of nitrogens with two attached hydrogens (primary N) is 3. The molecule has 1 fully saturated rings. The first kappa shape index (κ1) is 58.6. The number of aliphatic imine (C=N–C) groups is 1. The number of ether oxygens (including phenoxy) is 4. The van der Waals surface area contributed by atoms with Gasteiger partial charge in [-0.1, -0.05) is 115 Å². The number of rotatable bonds is 31. The van der Waals surface area contributed by atoms with Gasteiger partial charge in [-0.05, 0) is 73.3 Å². The first-order valence-electron chi connectivity index (χ1n) is 24.8. The maximum atomic E-state index is 13.5. The van der Waals surface area contributed by atoms with Crippen molar-refractivity contribution in [2.24, 2.45) is 22.2 Å². The van der Waals surface area contributed by atoms with Gasteiger partial charge in [-0.2, -0.15) is 0 Å². The lowest BCUT2D eigenvalue weighted by Crippen LogP contribution is -2.59. The fourth-order valence-corrected chi connectivity index (χ4v) is 8.38. The average molecular weight is 1040 g/mol. The number of nitrogens with zero attached hydrogens (tertiary/aromatic N) is 1. The number of nitrogens with one attached hydrogen (secondary N) is 4. The van der Waals surface area contributed by atoms with Gasteiger partial charge in [-0.3, -0.25) is 29.0 Å². The number of amides is 4. The van der Waals surface area contributed by atoms with Crippen molar-refractivity contribution in [3.8, 4) is 0 Å². The Morgan fingerprint density at radius 2 is 1.17 bits per heavy atom. The van der Waals surface area contributed by atoms with E-state index in [9.17, 15) is 39.0 Å². The van der Waals surface area contributed by atoms with Crippen molar-refractivity contribution in [1.29, 1.82) is 0 Å². The first-order chi connectivity index (χ1) is 36.1. The van der Waals surface area contributed by atoms with E-state index in [4.69, 9.17) is 41.3 Å². The van der Waals surface area contributed by atoms with Crippen molar-refractivity contribution in [2.75, 3.05) is 19.7 Å². The largest absolute Gasteiger partial charge is 0.481 e. The van der Waals surface area contributed by atoms with Gasteiger partial charge in [0.2, 0.25) is 23.6 Å². The van der Waals surface area contributed by atoms with Crippen molar-refractivity contribution in [3.05, 3.63) is 143 Å². The summed E-state index contributed by atoms with van der Waals surface area (Å²) in [5.41, 5.74) is 22.1. The molecule has 21 nitrogen and oxygen atoms in total. The molecule has 1 heterocycles. The van der Waals surface area contributed by atoms with E-state index < -0.39 is 97.6 Å². The highest BCUT2D eigenvalue weighted by Gasteiger charge is 2.46. The molecule has 404 valence electrons. The van der Waals surface area contributed by atoms with Gasteiger partial charge in [0.25, 0.3) is 0 Å². The van der Waals surface area contributed by atoms with E-state index in [1.54, 1.807) is 0 Å². The summed E-state index contributed by atoms with van der Waals surface area (Å²) in [5.74, 6) is -6.93. The number of carboxylic acids is 2. The lowest BCUT2D eigenvalue weighted by atomic mass is 9.91. The van der Waals surface area contributed by atoms with Crippen LogP contribution in [0.3, 0.4) is 0 Å². The highest BCUT2D eigenvalue weighted by Crippen LogP contribution is 2.32. The molecular formula is C54H70N8O13. The standard InChI is InChI=1S/C54H70N8O13/c1-34-47(72-31-37-13-5-2-6-14-37)49(74-33-39-17-9-4-10-18-39)48(73-32-38-15-7-3-8-16-38)44(75-34)21-11-19-35-22-24-36(25-23-35)27-40(55)50(67)61-41(20-12-26-58-54(56)57)51(68)59-29-45(64)60-42(28-46(65)66)52(69)62-43(30-63)53(70)71/h2-10,13-18,22-25,34,40-44,47-49,63H,11-12,19-21,26-33,55H2,1H3,(H,59,68)(H,60,64)(H,61,67)(H,62,69)(H,65,66)(H,70,71)(H4,56,57,58). The Labute approximate surface area is 435 Å². The van der Waals surface area contributed by atoms with Crippen LogP contribution in [0.15, 0.2) is 120 Å². The Kier molecular flexibility index (Phi) is 24.1. The molecule has 1 aliphatic heterocycles. The maximum Gasteiger partial charge on any atom is 0.328 e. The van der Waals surface area contributed by atoms with Gasteiger partial charge in [-0.15, -0.1) is 0 Å². The van der Waals surface area contributed by atoms with Crippen LogP contribution in [-0.4, -0.2) is 131 Å². The molecule has 4 aromatic carbocycles. The number of aliphatic hydroxyl groups is 1. The minimum atomic E-state index is -1.76. The molecule has 0 aliphatic carbocycles. The minimum absolute atomic E-state index is 0.0217. The van der Waals surface area contributed by atoms with Crippen LogP contribution < -0.4 is 38.5 Å². The number of carbonyl (C=O) groups is 6. The molecule has 9 atom stereocenters. The molecular weight excluding hydrogens is 969 g/mol. The normalized spacial score (nSPS) is 18.8. The number of aliphatic carboxylic acids is 2. The number of carbonyl (C=O) groups excluding carboxylic acids is 4. The fraction of sp³-hybridized carbons (Fsp3) is 0.426. The van der Waals surface area contributed by atoms with E-state index in [0.29, 0.717) is 32.7 Å². The Morgan fingerprint density at radius 3 is 1.71 bits per heavy atom. The summed E-state index contributed by atoms with van der Waals surface area (Å²) < 4.78 is 26.9. The van der Waals surface area contributed by atoms with Crippen LogP contribution in [0.25, 0.3) is 0 Å². The zero-order valence-electron chi connectivity index (χ0n) is 42.0. The average Bonchev–Trinajstić information content (AvgIpc) is 3.39. The van der Waals surface area contributed by atoms with Crippen molar-refractivity contribution >= 4 is 41.5 Å². The third kappa shape index (κ3) is 20.2. The molecule has 75 heavy (non-hydrogen) atoms. The van der Waals surface area contributed by atoms with E-state index in [-0.39, 0.29) is 44.0 Å². The van der Waals surface area contributed by atoms with Crippen LogP contribution >= 0.6 is 0 Å². The number of hydrogen-bond donors (Lipinski definition) is 10. The van der Waals surface area contributed by atoms with Gasteiger partial charge in [0.1, 0.15) is 36.4 Å². The summed E-state index contributed by atoms with van der Waals surface area (Å²) in [6.45, 7) is 1.49. The topological polar surface area (TPSA) is 339 Å². The maximum absolute atomic E-state index is 13.5. The van der Waals surface area contributed by atoms with Crippen LogP contribution in [0, 0.1) is 0 Å². The highest BCUT2D eigenvalue weighted by molar-refractivity contribution is 5.95. The monoisotopic (exact) mass is 1040 g/mol. The SMILES string of the molecule is CC1OC(CCCc2ccc(CC(N)C(=O)NC(CCCN=C(N)N)C(=O)NCC(=O)NC(CC(=O)O)C(=O)NC(CO)C(=O)O)cc2)C(OCc2ccccc2)C(OCc2ccccc2)C1OCc1ccccc1. The molecule has 13 N–H and O–H groups in total. The number of hydrogen-bond acceptors (Lipinski definition) is 13. The molecule has 0 saturated carbocycles. The molecule has 0 bridgehead atoms. The molecule has 4 aromatic rings. The van der Waals surface area contributed by atoms with Gasteiger partial charge >= 0.3 is 11.9 Å². The first-order valence-corrected chi connectivity index (χ1v) is 24.8. The Hall–Kier alpha value is -7.27. The fourth-order valence-electron chi connectivity index (χ4n) is 8.38. The molecule has 0 radical (unpaired) electrons. The zero-order chi connectivity index (χ0) is 54.1. The number of carboxylic acid groups (broad SMARTS) is 2. The molecule has 0 spiro atoms. The third-order valence-corrected chi connectivity index (χ3v) is 12.3. The second kappa shape index (κ2) is 30.8. The second-order valence-electron chi connectivity index (χ2n) is 18.2. The van der Waals surface area contributed by atoms with Gasteiger partial charge in [0.05, 0.1) is 57.6 Å². The molecule has 9 unspecified atom stereocenters. The van der Waals surface area contributed by atoms with Crippen LogP contribution in [0.1, 0.15) is 66.8 Å². The van der Waals surface area contributed by atoms with Crippen LogP contribution in [0.4, 0.5) is 0 Å². The molecule has 1 aliphatic rings. The van der Waals surface area contributed by atoms with Crippen molar-refractivity contribution in [1.82, 2.24) is 21.3 Å². The van der Waals surface area contributed by atoms with E-state index in [1.807, 2.05) is 128 Å². The van der Waals surface area contributed by atoms with E-state index in [1.165, 1.54) is 0 Å². The summed E-state index contributed by atoms with van der Waals surface area (Å²) >= 11 is 0. The molecule has 0 aromatic heterocycles. The predicted octanol–water partition coefficient (Wildman–Crippen LogP) is 1.60. The molecule has 4 amide bonds. The molecule has 5 rings (SSSR count). The van der Waals surface area contributed by atoms with Crippen molar-refractivity contribution in [3.63, 3.8) is 0 Å². The number of guanidine groups is 1. The minimum Gasteiger partial charge on any atom is -0.481 e. The predicted molar refractivity (Wildman–Crippen MR) is 276 cm³/mol. The van der Waals surface area contributed by atoms with Crippen LogP contribution in [0.5, 0.6) is 0 Å². The quantitative estimate of drug-likeness (QED) is 0.0194. The lowest BCUT2D eigenvalue weighted by molar-refractivity contribution is -0.262. The van der Waals surface area contributed by atoms with Crippen LogP contribution in [-0.2, 0) is 80.4 Å². The zero-order valence-corrected chi connectivity index (χ0v) is 42.0. The van der Waals surface area contributed by atoms with Crippen molar-refractivity contribution in [2.45, 2.75) is 126 Å². The third-order valence-electron chi connectivity index (χ3n) is 12.3. The molecule has 21 heteroatoms. The van der Waals surface area contributed by atoms with Crippen LogP contribution in [0.2, 0.25) is 0 Å². The molecule has 1 saturated heterocycles. The number of aryl methyl sites for hydroxylation is 1. The number of aliphatic hydroxyl groups excluding tert-OH is 1. The number of benzene rings is 4. The smallest absolute Gasteiger partial charge is 0.328 e. The summed E-state index contributed by atoms with van der Waals surface area (Å²) in [6.07, 6.45) is -0.362. The summed E-state index contributed by atoms with van der Waals surface area (Å²) in [6, 6.07) is 31.9. The van der Waals surface area contributed by atoms with E-state index in [0.717, 1.165) is 34.2 Å². The van der Waals surface area contributed by atoms with Gasteiger partial charge in [-0.25, -0.2) is 4.79 Å². The Morgan fingerprint density at radius 1 is 0.640 bits per heavy atom. The Balaban J connectivity index is 1.19. The second-order valence-corrected chi connectivity index (χ2v) is 18.2. The lowest BCUT2D eigenvalue weighted by Gasteiger charge is -2.45.